The van der Waals surface area contributed by atoms with Gasteiger partial charge in [-0.05, 0) is 12.1 Å². The molecule has 0 fully saturated rings. The van der Waals surface area contributed by atoms with Crippen LogP contribution in [0.4, 0.5) is 5.69 Å². The Morgan fingerprint density at radius 3 is 2.78 bits per heavy atom. The summed E-state index contributed by atoms with van der Waals surface area (Å²) in [6, 6.07) is 4.75. The first-order chi connectivity index (χ1) is 8.52. The fraction of sp³-hybridized carbons (Fsp3) is 0.0833. The number of carboxylic acids is 1. The van der Waals surface area contributed by atoms with Crippen LogP contribution in [0.1, 0.15) is 10.4 Å². The first-order valence-electron chi connectivity index (χ1n) is 5.06. The number of amides is 1. The molecule has 0 unspecified atom stereocenters. The highest BCUT2D eigenvalue weighted by atomic mass is 35.5. The number of hydrogen-bond donors (Lipinski definition) is 1. The van der Waals surface area contributed by atoms with Gasteiger partial charge >= 0.3 is 5.97 Å². The van der Waals surface area contributed by atoms with Crippen molar-refractivity contribution in [2.24, 2.45) is 0 Å². The van der Waals surface area contributed by atoms with Gasteiger partial charge in [0.1, 0.15) is 0 Å². The van der Waals surface area contributed by atoms with E-state index in [-0.39, 0.29) is 17.1 Å². The third-order valence-corrected chi connectivity index (χ3v) is 2.81. The van der Waals surface area contributed by atoms with Crippen LogP contribution in [-0.4, -0.2) is 29.3 Å². The van der Waals surface area contributed by atoms with Crippen LogP contribution in [0.25, 0.3) is 0 Å². The number of benzene rings is 1. The number of fused-ring (bicyclic) bond motifs is 1. The first kappa shape index (κ1) is 12.3. The number of aliphatic carboxylic acids is 1. The van der Waals surface area contributed by atoms with E-state index >= 15 is 0 Å². The van der Waals surface area contributed by atoms with Crippen LogP contribution in [0.5, 0.6) is 0 Å². The molecule has 0 saturated carbocycles. The van der Waals surface area contributed by atoms with Crippen molar-refractivity contribution in [3.8, 4) is 0 Å². The summed E-state index contributed by atoms with van der Waals surface area (Å²) in [5.74, 6) is -2.48. The topological polar surface area (TPSA) is 74.7 Å². The van der Waals surface area contributed by atoms with Crippen molar-refractivity contribution in [2.45, 2.75) is 0 Å². The van der Waals surface area contributed by atoms with Crippen LogP contribution in [0.2, 0.25) is 5.02 Å². The Bertz CT molecular complexity index is 579. The average Bonchev–Trinajstić information content (AvgIpc) is 2.55. The maximum Gasteiger partial charge on any atom is 0.328 e. The second kappa shape index (κ2) is 4.62. The second-order valence-corrected chi connectivity index (χ2v) is 4.03. The summed E-state index contributed by atoms with van der Waals surface area (Å²) in [5, 5.41) is 8.68. The number of carbonyl (C=O) groups excluding carboxylic acids is 2. The normalized spacial score (nSPS) is 14.4. The molecule has 0 radical (unpaired) electrons. The molecule has 1 heterocycles. The molecule has 92 valence electrons. The molecule has 1 aromatic rings. The van der Waals surface area contributed by atoms with Crippen LogP contribution >= 0.6 is 11.6 Å². The van der Waals surface area contributed by atoms with Gasteiger partial charge < -0.3 is 10.0 Å². The summed E-state index contributed by atoms with van der Waals surface area (Å²) in [5.41, 5.74) is 0.584. The molecule has 0 bridgehead atoms. The summed E-state index contributed by atoms with van der Waals surface area (Å²) >= 11 is 5.87. The van der Waals surface area contributed by atoms with E-state index in [1.807, 2.05) is 0 Å². The Balaban J connectivity index is 2.35. The molecule has 5 nitrogen and oxygen atoms in total. The van der Waals surface area contributed by atoms with Gasteiger partial charge in [0, 0.05) is 12.6 Å². The average molecular weight is 266 g/mol. The van der Waals surface area contributed by atoms with E-state index in [9.17, 15) is 14.4 Å². The van der Waals surface area contributed by atoms with Gasteiger partial charge in [-0.15, -0.1) is 0 Å². The number of Topliss-reactive ketones (excluding diaryl/α,β-unsaturated/α-hetero) is 1. The Hall–Kier alpha value is -2.14. The van der Waals surface area contributed by atoms with E-state index in [0.29, 0.717) is 5.69 Å². The number of hydrogen-bond acceptors (Lipinski definition) is 3. The lowest BCUT2D eigenvalue weighted by Crippen LogP contribution is -2.29. The largest absolute Gasteiger partial charge is 0.478 e. The highest BCUT2D eigenvalue weighted by molar-refractivity contribution is 6.55. The zero-order valence-electron chi connectivity index (χ0n) is 9.09. The van der Waals surface area contributed by atoms with Gasteiger partial charge in [0.25, 0.3) is 11.7 Å². The number of rotatable bonds is 3. The quantitative estimate of drug-likeness (QED) is 0.664. The maximum atomic E-state index is 11.7. The van der Waals surface area contributed by atoms with Crippen molar-refractivity contribution < 1.29 is 19.5 Å². The van der Waals surface area contributed by atoms with Crippen molar-refractivity contribution in [3.05, 3.63) is 40.9 Å². The van der Waals surface area contributed by atoms with Gasteiger partial charge in [-0.3, -0.25) is 9.59 Å². The number of ketones is 1. The SMILES string of the molecule is O=C(O)/C=C/CN1C(=O)C(=O)c2c(Cl)cccc21. The van der Waals surface area contributed by atoms with E-state index in [4.69, 9.17) is 16.7 Å². The molecule has 1 aromatic carbocycles. The predicted octanol–water partition coefficient (Wildman–Crippen LogP) is 1.51. The lowest BCUT2D eigenvalue weighted by Gasteiger charge is -2.13. The molecule has 0 saturated heterocycles. The Kier molecular flexibility index (Phi) is 3.16. The second-order valence-electron chi connectivity index (χ2n) is 3.62. The monoisotopic (exact) mass is 265 g/mol. The van der Waals surface area contributed by atoms with Crippen LogP contribution < -0.4 is 4.90 Å². The number of anilines is 1. The molecular formula is C12H8ClNO4. The van der Waals surface area contributed by atoms with E-state index in [2.05, 4.69) is 0 Å². The standard InChI is InChI=1S/C12H8ClNO4/c13-7-3-1-4-8-10(7)11(17)12(18)14(8)6-2-5-9(15)16/h1-5H,6H2,(H,15,16)/b5-2+. The Morgan fingerprint density at radius 1 is 1.39 bits per heavy atom. The molecule has 0 atom stereocenters. The third kappa shape index (κ3) is 2.00. The van der Waals surface area contributed by atoms with E-state index < -0.39 is 17.7 Å². The molecular weight excluding hydrogens is 258 g/mol. The van der Waals surface area contributed by atoms with Crippen LogP contribution in [0.15, 0.2) is 30.4 Å². The van der Waals surface area contributed by atoms with Crippen LogP contribution in [-0.2, 0) is 9.59 Å². The van der Waals surface area contributed by atoms with Crippen LogP contribution in [0.3, 0.4) is 0 Å². The molecule has 1 amide bonds. The first-order valence-corrected chi connectivity index (χ1v) is 5.44. The van der Waals surface area contributed by atoms with E-state index in [1.165, 1.54) is 17.0 Å². The minimum absolute atomic E-state index is 0.0181. The number of halogens is 1. The van der Waals surface area contributed by atoms with Gasteiger partial charge in [0.2, 0.25) is 0 Å². The summed E-state index contributed by atoms with van der Waals surface area (Å²) in [6.45, 7) is 0.0181. The molecule has 1 aliphatic rings. The third-order valence-electron chi connectivity index (χ3n) is 2.50. The molecule has 1 N–H and O–H groups in total. The minimum Gasteiger partial charge on any atom is -0.478 e. The summed E-state index contributed by atoms with van der Waals surface area (Å²) in [4.78, 5) is 35.0. The highest BCUT2D eigenvalue weighted by Gasteiger charge is 2.36. The lowest BCUT2D eigenvalue weighted by molar-refractivity contribution is -0.131. The van der Waals surface area contributed by atoms with Crippen molar-refractivity contribution in [1.29, 1.82) is 0 Å². The van der Waals surface area contributed by atoms with Crippen LogP contribution in [0, 0.1) is 0 Å². The van der Waals surface area contributed by atoms with Gasteiger partial charge in [-0.25, -0.2) is 4.79 Å². The minimum atomic E-state index is -1.11. The fourth-order valence-corrected chi connectivity index (χ4v) is 2.00. The van der Waals surface area contributed by atoms with Crippen molar-refractivity contribution in [1.82, 2.24) is 0 Å². The summed E-state index contributed by atoms with van der Waals surface area (Å²) in [6.07, 6.45) is 2.21. The van der Waals surface area contributed by atoms with E-state index in [1.54, 1.807) is 12.1 Å². The molecule has 2 rings (SSSR count). The molecule has 6 heteroatoms. The lowest BCUT2D eigenvalue weighted by atomic mass is 10.1. The molecule has 18 heavy (non-hydrogen) atoms. The highest BCUT2D eigenvalue weighted by Crippen LogP contribution is 2.33. The van der Waals surface area contributed by atoms with Crippen molar-refractivity contribution in [2.75, 3.05) is 11.4 Å². The smallest absolute Gasteiger partial charge is 0.328 e. The van der Waals surface area contributed by atoms with Crippen molar-refractivity contribution in [3.63, 3.8) is 0 Å². The van der Waals surface area contributed by atoms with E-state index in [0.717, 1.165) is 6.08 Å². The van der Waals surface area contributed by atoms with Gasteiger partial charge in [0.15, 0.2) is 0 Å². The summed E-state index contributed by atoms with van der Waals surface area (Å²) < 4.78 is 0. The van der Waals surface area contributed by atoms with Gasteiger partial charge in [-0.1, -0.05) is 23.7 Å². The van der Waals surface area contributed by atoms with Gasteiger partial charge in [0.05, 0.1) is 16.3 Å². The number of carboxylic acid groups (broad SMARTS) is 1. The predicted molar refractivity (Wildman–Crippen MR) is 64.9 cm³/mol. The molecule has 0 aliphatic carbocycles. The maximum absolute atomic E-state index is 11.7. The zero-order chi connectivity index (χ0) is 13.3. The number of carbonyl (C=O) groups is 3. The Labute approximate surface area is 107 Å². The number of nitrogens with zero attached hydrogens (tertiary/aromatic N) is 1. The molecule has 0 spiro atoms. The zero-order valence-corrected chi connectivity index (χ0v) is 9.85. The molecule has 0 aromatic heterocycles. The Morgan fingerprint density at radius 2 is 2.11 bits per heavy atom. The molecule has 1 aliphatic heterocycles. The summed E-state index contributed by atoms with van der Waals surface area (Å²) in [7, 11) is 0. The fourth-order valence-electron chi connectivity index (χ4n) is 1.74. The van der Waals surface area contributed by atoms with Crippen molar-refractivity contribution >= 4 is 34.9 Å². The van der Waals surface area contributed by atoms with Gasteiger partial charge in [-0.2, -0.15) is 0 Å².